The van der Waals surface area contributed by atoms with E-state index in [0.29, 0.717) is 21.5 Å². The third-order valence-corrected chi connectivity index (χ3v) is 9.57. The molecule has 188 valence electrons. The lowest BCUT2D eigenvalue weighted by Crippen LogP contribution is -2.42. The van der Waals surface area contributed by atoms with Crippen LogP contribution in [-0.4, -0.2) is 34.3 Å². The lowest BCUT2D eigenvalue weighted by molar-refractivity contribution is 0.0697. The van der Waals surface area contributed by atoms with Gasteiger partial charge in [-0.3, -0.25) is 0 Å². The standard InChI is InChI=1S/C28H23Cl2N3O3S/c29-18-2-1-3-19(30)23(18)24-22(25(36-32-24)15-4-5-15)17-13-28(14-17)8-10-33(11-9-28)27-31-20-7-6-16(26(34)35)12-21(20)37-27/h1-3,6-7,12-13,15H,4-5,8-11,14H2,(H,34,35). The Morgan fingerprint density at radius 3 is 2.51 bits per heavy atom. The zero-order chi connectivity index (χ0) is 25.3. The number of carboxylic acids is 1. The molecule has 0 amide bonds. The van der Waals surface area contributed by atoms with E-state index in [-0.39, 0.29) is 5.41 Å². The summed E-state index contributed by atoms with van der Waals surface area (Å²) < 4.78 is 6.79. The Hall–Kier alpha value is -2.87. The number of halogens is 2. The van der Waals surface area contributed by atoms with E-state index in [0.717, 1.165) is 83.1 Å². The molecule has 0 atom stereocenters. The number of fused-ring (bicyclic) bond motifs is 1. The third kappa shape index (κ3) is 3.95. The molecule has 1 spiro atoms. The van der Waals surface area contributed by atoms with Gasteiger partial charge in [-0.05, 0) is 73.4 Å². The number of hydrogen-bond acceptors (Lipinski definition) is 6. The van der Waals surface area contributed by atoms with E-state index in [9.17, 15) is 9.90 Å². The van der Waals surface area contributed by atoms with Crippen molar-refractivity contribution < 1.29 is 14.4 Å². The topological polar surface area (TPSA) is 79.5 Å². The number of aromatic nitrogens is 2. The largest absolute Gasteiger partial charge is 0.478 e. The smallest absolute Gasteiger partial charge is 0.335 e. The summed E-state index contributed by atoms with van der Waals surface area (Å²) in [6.07, 6.45) is 7.74. The number of piperidine rings is 1. The number of allylic oxidation sites excluding steroid dienone is 2. The minimum atomic E-state index is -0.915. The van der Waals surface area contributed by atoms with E-state index >= 15 is 0 Å². The van der Waals surface area contributed by atoms with Gasteiger partial charge in [0, 0.05) is 30.1 Å². The summed E-state index contributed by atoms with van der Waals surface area (Å²) in [7, 11) is 0. The molecule has 1 N–H and O–H groups in total. The number of hydrogen-bond donors (Lipinski definition) is 1. The lowest BCUT2D eigenvalue weighted by atomic mass is 9.63. The Kier molecular flexibility index (Phi) is 5.40. The van der Waals surface area contributed by atoms with Crippen molar-refractivity contribution in [2.45, 2.75) is 38.0 Å². The van der Waals surface area contributed by atoms with Gasteiger partial charge in [-0.1, -0.05) is 51.8 Å². The molecule has 2 aliphatic carbocycles. The Morgan fingerprint density at radius 1 is 1.11 bits per heavy atom. The van der Waals surface area contributed by atoms with Crippen LogP contribution in [-0.2, 0) is 0 Å². The number of carboxylic acid groups (broad SMARTS) is 1. The van der Waals surface area contributed by atoms with Crippen molar-refractivity contribution in [1.29, 1.82) is 0 Å². The first kappa shape index (κ1) is 23.3. The van der Waals surface area contributed by atoms with E-state index in [2.05, 4.69) is 16.1 Å². The number of nitrogens with zero attached hydrogens (tertiary/aromatic N) is 3. The van der Waals surface area contributed by atoms with E-state index in [1.165, 1.54) is 5.57 Å². The Bertz CT molecular complexity index is 1580. The molecule has 9 heteroatoms. The highest BCUT2D eigenvalue weighted by atomic mass is 35.5. The molecule has 37 heavy (non-hydrogen) atoms. The van der Waals surface area contributed by atoms with Crippen LogP contribution < -0.4 is 4.90 Å². The molecule has 1 aliphatic heterocycles. The van der Waals surface area contributed by atoms with E-state index in [4.69, 9.17) is 32.7 Å². The number of benzene rings is 2. The highest BCUT2D eigenvalue weighted by Crippen LogP contribution is 2.56. The zero-order valence-corrected chi connectivity index (χ0v) is 22.2. The predicted octanol–water partition coefficient (Wildman–Crippen LogP) is 7.91. The maximum absolute atomic E-state index is 11.3. The SMILES string of the molecule is O=C(O)c1ccc2nc(N3CCC4(C=C(c5c(-c6c(Cl)cccc6Cl)noc5C5CC5)C4)CC3)sc2c1. The quantitative estimate of drug-likeness (QED) is 0.271. The zero-order valence-electron chi connectivity index (χ0n) is 19.8. The molecule has 0 bridgehead atoms. The van der Waals surface area contributed by atoms with Crippen molar-refractivity contribution >= 4 is 61.4 Å². The number of aromatic carboxylic acids is 1. The summed E-state index contributed by atoms with van der Waals surface area (Å²) in [5.41, 5.74) is 5.18. The van der Waals surface area contributed by atoms with Gasteiger partial charge in [-0.25, -0.2) is 9.78 Å². The first-order valence-corrected chi connectivity index (χ1v) is 14.0. The summed E-state index contributed by atoms with van der Waals surface area (Å²) >= 11 is 14.7. The molecule has 0 unspecified atom stereocenters. The van der Waals surface area contributed by atoms with Crippen molar-refractivity contribution in [2.24, 2.45) is 5.41 Å². The summed E-state index contributed by atoms with van der Waals surface area (Å²) in [5.74, 6) is 0.485. The van der Waals surface area contributed by atoms with Gasteiger partial charge in [0.25, 0.3) is 0 Å². The summed E-state index contributed by atoms with van der Waals surface area (Å²) in [5, 5.41) is 15.9. The van der Waals surface area contributed by atoms with E-state index in [1.807, 2.05) is 18.2 Å². The van der Waals surface area contributed by atoms with Crippen LogP contribution in [0.2, 0.25) is 10.0 Å². The predicted molar refractivity (Wildman–Crippen MR) is 147 cm³/mol. The van der Waals surface area contributed by atoms with Crippen molar-refractivity contribution in [3.63, 3.8) is 0 Å². The number of anilines is 1. The average molecular weight is 552 g/mol. The fourth-order valence-corrected chi connectivity index (χ4v) is 7.29. The van der Waals surface area contributed by atoms with Crippen LogP contribution in [0.25, 0.3) is 27.0 Å². The third-order valence-electron chi connectivity index (χ3n) is 7.86. The fraction of sp³-hybridized carbons (Fsp3) is 0.321. The Labute approximate surface area is 227 Å². The van der Waals surface area contributed by atoms with Gasteiger partial charge >= 0.3 is 5.97 Å². The van der Waals surface area contributed by atoms with Gasteiger partial charge in [0.2, 0.25) is 0 Å². The van der Waals surface area contributed by atoms with Crippen molar-refractivity contribution in [1.82, 2.24) is 10.1 Å². The van der Waals surface area contributed by atoms with Gasteiger partial charge in [0.15, 0.2) is 5.13 Å². The van der Waals surface area contributed by atoms with Crippen LogP contribution >= 0.6 is 34.5 Å². The summed E-state index contributed by atoms with van der Waals surface area (Å²) in [6, 6.07) is 10.7. The Morgan fingerprint density at radius 2 is 1.84 bits per heavy atom. The van der Waals surface area contributed by atoms with Crippen LogP contribution in [0.3, 0.4) is 0 Å². The monoisotopic (exact) mass is 551 g/mol. The van der Waals surface area contributed by atoms with Crippen molar-refractivity contribution in [3.05, 3.63) is 69.4 Å². The maximum atomic E-state index is 11.3. The van der Waals surface area contributed by atoms with Crippen LogP contribution in [0.5, 0.6) is 0 Å². The van der Waals surface area contributed by atoms with Gasteiger partial charge in [0.1, 0.15) is 11.5 Å². The number of carbonyl (C=O) groups is 1. The molecule has 1 saturated heterocycles. The molecular weight excluding hydrogens is 529 g/mol. The molecule has 3 heterocycles. The minimum Gasteiger partial charge on any atom is -0.478 e. The molecule has 2 fully saturated rings. The molecule has 6 nitrogen and oxygen atoms in total. The van der Waals surface area contributed by atoms with Crippen molar-refractivity contribution in [3.8, 4) is 11.3 Å². The van der Waals surface area contributed by atoms with Gasteiger partial charge in [-0.15, -0.1) is 0 Å². The molecular formula is C28H23Cl2N3O3S. The normalized spacial score (nSPS) is 18.8. The van der Waals surface area contributed by atoms with Crippen LogP contribution in [0.4, 0.5) is 5.13 Å². The molecule has 0 radical (unpaired) electrons. The lowest BCUT2D eigenvalue weighted by Gasteiger charge is -2.46. The first-order valence-electron chi connectivity index (χ1n) is 12.5. The van der Waals surface area contributed by atoms with E-state index in [1.54, 1.807) is 29.5 Å². The number of rotatable bonds is 5. The van der Waals surface area contributed by atoms with Gasteiger partial charge in [-0.2, -0.15) is 0 Å². The molecule has 2 aromatic heterocycles. The molecule has 2 aromatic carbocycles. The fourth-order valence-electron chi connectivity index (χ4n) is 5.66. The molecule has 4 aromatic rings. The highest BCUT2D eigenvalue weighted by Gasteiger charge is 2.44. The van der Waals surface area contributed by atoms with Gasteiger partial charge in [0.05, 0.1) is 25.8 Å². The maximum Gasteiger partial charge on any atom is 0.335 e. The summed E-state index contributed by atoms with van der Waals surface area (Å²) in [6.45, 7) is 1.83. The first-order chi connectivity index (χ1) is 17.9. The average Bonchev–Trinajstić information content (AvgIpc) is 3.48. The molecule has 7 rings (SSSR count). The second kappa shape index (κ2) is 8.58. The number of thiazole rings is 1. The van der Waals surface area contributed by atoms with Gasteiger partial charge < -0.3 is 14.5 Å². The second-order valence-electron chi connectivity index (χ2n) is 10.3. The summed E-state index contributed by atoms with van der Waals surface area (Å²) in [4.78, 5) is 18.4. The minimum absolute atomic E-state index is 0.165. The molecule has 1 saturated carbocycles. The highest BCUT2D eigenvalue weighted by molar-refractivity contribution is 7.22. The van der Waals surface area contributed by atoms with Crippen LogP contribution in [0.15, 0.2) is 47.0 Å². The van der Waals surface area contributed by atoms with Crippen LogP contribution in [0, 0.1) is 5.41 Å². The van der Waals surface area contributed by atoms with Crippen LogP contribution in [0.1, 0.15) is 59.7 Å². The second-order valence-corrected chi connectivity index (χ2v) is 12.1. The van der Waals surface area contributed by atoms with Crippen molar-refractivity contribution in [2.75, 3.05) is 18.0 Å². The molecule has 3 aliphatic rings. The Balaban J connectivity index is 1.14. The van der Waals surface area contributed by atoms with E-state index < -0.39 is 5.97 Å².